The molecule has 4 heteroatoms. The number of fused-ring (bicyclic) bond motifs is 1. The third kappa shape index (κ3) is 2.59. The molecule has 0 aliphatic rings. The van der Waals surface area contributed by atoms with E-state index in [1.54, 1.807) is 12.1 Å². The van der Waals surface area contributed by atoms with Gasteiger partial charge in [-0.2, -0.15) is 0 Å². The number of pyridine rings is 1. The second kappa shape index (κ2) is 5.49. The molecule has 2 aromatic carbocycles. The van der Waals surface area contributed by atoms with Crippen molar-refractivity contribution in [3.05, 3.63) is 65.2 Å². The van der Waals surface area contributed by atoms with Crippen LogP contribution in [0.25, 0.3) is 10.9 Å². The molecule has 100 valence electrons. The lowest BCUT2D eigenvalue weighted by atomic mass is 10.2. The highest BCUT2D eigenvalue weighted by Crippen LogP contribution is 2.28. The summed E-state index contributed by atoms with van der Waals surface area (Å²) in [5, 5.41) is 1.68. The minimum Gasteiger partial charge on any atom is -0.439 e. The Bertz CT molecular complexity index is 758. The number of ether oxygens (including phenoxy) is 1. The standard InChI is InChI=1S/C16H13ClN2O/c17-13-7-5-12(10-18)15(9-13)20-16-8-6-11-3-1-2-4-14(11)19-16/h1-9H,10,18H2. The van der Waals surface area contributed by atoms with Gasteiger partial charge >= 0.3 is 0 Å². The summed E-state index contributed by atoms with van der Waals surface area (Å²) in [6.45, 7) is 0.389. The molecule has 1 heterocycles. The summed E-state index contributed by atoms with van der Waals surface area (Å²) in [7, 11) is 0. The van der Waals surface area contributed by atoms with Gasteiger partial charge in [0.05, 0.1) is 5.52 Å². The van der Waals surface area contributed by atoms with Gasteiger partial charge in [-0.25, -0.2) is 4.98 Å². The smallest absolute Gasteiger partial charge is 0.219 e. The molecule has 0 amide bonds. The lowest BCUT2D eigenvalue weighted by Crippen LogP contribution is -2.00. The summed E-state index contributed by atoms with van der Waals surface area (Å²) in [6.07, 6.45) is 0. The molecule has 2 N–H and O–H groups in total. The average molecular weight is 285 g/mol. The van der Waals surface area contributed by atoms with Gasteiger partial charge in [0.2, 0.25) is 5.88 Å². The number of para-hydroxylation sites is 1. The SMILES string of the molecule is NCc1ccc(Cl)cc1Oc1ccc2ccccc2n1. The molecular weight excluding hydrogens is 272 g/mol. The quantitative estimate of drug-likeness (QED) is 0.786. The largest absolute Gasteiger partial charge is 0.439 e. The Morgan fingerprint density at radius 3 is 2.75 bits per heavy atom. The fraction of sp³-hybridized carbons (Fsp3) is 0.0625. The minimum absolute atomic E-state index is 0.389. The molecule has 3 aromatic rings. The average Bonchev–Trinajstić information content (AvgIpc) is 2.47. The van der Waals surface area contributed by atoms with Crippen molar-refractivity contribution in [2.45, 2.75) is 6.54 Å². The summed E-state index contributed by atoms with van der Waals surface area (Å²) in [4.78, 5) is 4.47. The zero-order valence-corrected chi connectivity index (χ0v) is 11.5. The van der Waals surface area contributed by atoms with E-state index >= 15 is 0 Å². The van der Waals surface area contributed by atoms with Gasteiger partial charge in [-0.3, -0.25) is 0 Å². The maximum atomic E-state index is 5.99. The van der Waals surface area contributed by atoms with Gasteiger partial charge in [0.1, 0.15) is 5.75 Å². The topological polar surface area (TPSA) is 48.1 Å². The fourth-order valence-electron chi connectivity index (χ4n) is 2.01. The molecule has 0 fully saturated rings. The number of benzene rings is 2. The van der Waals surface area contributed by atoms with Gasteiger partial charge in [-0.15, -0.1) is 0 Å². The maximum Gasteiger partial charge on any atom is 0.219 e. The second-order valence-corrected chi connectivity index (χ2v) is 4.84. The Morgan fingerprint density at radius 1 is 1.05 bits per heavy atom. The molecule has 0 spiro atoms. The molecular formula is C16H13ClN2O. The van der Waals surface area contributed by atoms with E-state index in [1.165, 1.54) is 0 Å². The molecule has 3 rings (SSSR count). The van der Waals surface area contributed by atoms with Crippen LogP contribution in [0.15, 0.2) is 54.6 Å². The molecule has 3 nitrogen and oxygen atoms in total. The molecule has 0 atom stereocenters. The Labute approximate surface area is 122 Å². The van der Waals surface area contributed by atoms with Gasteiger partial charge in [0, 0.05) is 28.6 Å². The molecule has 20 heavy (non-hydrogen) atoms. The van der Waals surface area contributed by atoms with Crippen molar-refractivity contribution in [3.8, 4) is 11.6 Å². The number of halogens is 1. The van der Waals surface area contributed by atoms with Crippen LogP contribution in [0.2, 0.25) is 5.02 Å². The third-order valence-corrected chi connectivity index (χ3v) is 3.27. The van der Waals surface area contributed by atoms with E-state index in [2.05, 4.69) is 4.98 Å². The molecule has 0 unspecified atom stereocenters. The Morgan fingerprint density at radius 2 is 1.90 bits per heavy atom. The van der Waals surface area contributed by atoms with E-state index in [-0.39, 0.29) is 0 Å². The van der Waals surface area contributed by atoms with Gasteiger partial charge in [0.25, 0.3) is 0 Å². The highest BCUT2D eigenvalue weighted by atomic mass is 35.5. The van der Waals surface area contributed by atoms with E-state index in [0.717, 1.165) is 16.5 Å². The predicted octanol–water partition coefficient (Wildman–Crippen LogP) is 4.14. The van der Waals surface area contributed by atoms with Gasteiger partial charge in [0.15, 0.2) is 0 Å². The Hall–Kier alpha value is -2.10. The number of hydrogen-bond acceptors (Lipinski definition) is 3. The van der Waals surface area contributed by atoms with Crippen molar-refractivity contribution in [2.75, 3.05) is 0 Å². The lowest BCUT2D eigenvalue weighted by Gasteiger charge is -2.10. The van der Waals surface area contributed by atoms with Crippen LogP contribution in [0.3, 0.4) is 0 Å². The zero-order chi connectivity index (χ0) is 13.9. The van der Waals surface area contributed by atoms with Crippen molar-refractivity contribution >= 4 is 22.5 Å². The lowest BCUT2D eigenvalue weighted by molar-refractivity contribution is 0.459. The summed E-state index contributed by atoms with van der Waals surface area (Å²) in [5.74, 6) is 1.17. The maximum absolute atomic E-state index is 5.99. The first-order valence-electron chi connectivity index (χ1n) is 6.28. The Kier molecular flexibility index (Phi) is 3.54. The number of nitrogens with zero attached hydrogens (tertiary/aromatic N) is 1. The fourth-order valence-corrected chi connectivity index (χ4v) is 2.17. The van der Waals surface area contributed by atoms with E-state index in [4.69, 9.17) is 22.1 Å². The van der Waals surface area contributed by atoms with Crippen molar-refractivity contribution in [3.63, 3.8) is 0 Å². The summed E-state index contributed by atoms with van der Waals surface area (Å²) in [5.41, 5.74) is 7.48. The van der Waals surface area contributed by atoms with Crippen LogP contribution in [-0.2, 0) is 6.54 Å². The minimum atomic E-state index is 0.389. The number of hydrogen-bond donors (Lipinski definition) is 1. The highest BCUT2D eigenvalue weighted by Gasteiger charge is 2.06. The Balaban J connectivity index is 1.98. The predicted molar refractivity (Wildman–Crippen MR) is 81.2 cm³/mol. The molecule has 0 aliphatic heterocycles. The van der Waals surface area contributed by atoms with E-state index in [9.17, 15) is 0 Å². The van der Waals surface area contributed by atoms with Crippen LogP contribution >= 0.6 is 11.6 Å². The molecule has 0 saturated carbocycles. The zero-order valence-electron chi connectivity index (χ0n) is 10.7. The highest BCUT2D eigenvalue weighted by molar-refractivity contribution is 6.30. The number of rotatable bonds is 3. The van der Waals surface area contributed by atoms with E-state index < -0.39 is 0 Å². The normalized spacial score (nSPS) is 10.7. The number of aromatic nitrogens is 1. The van der Waals surface area contributed by atoms with Crippen molar-refractivity contribution < 1.29 is 4.74 Å². The van der Waals surface area contributed by atoms with Crippen LogP contribution < -0.4 is 10.5 Å². The van der Waals surface area contributed by atoms with Crippen molar-refractivity contribution in [1.29, 1.82) is 0 Å². The van der Waals surface area contributed by atoms with E-state index in [1.807, 2.05) is 42.5 Å². The van der Waals surface area contributed by atoms with Crippen LogP contribution in [0.4, 0.5) is 0 Å². The summed E-state index contributed by atoms with van der Waals surface area (Å²) >= 11 is 5.99. The van der Waals surface area contributed by atoms with Crippen molar-refractivity contribution in [1.82, 2.24) is 4.98 Å². The summed E-state index contributed by atoms with van der Waals surface area (Å²) in [6, 6.07) is 17.1. The monoisotopic (exact) mass is 284 g/mol. The van der Waals surface area contributed by atoms with Gasteiger partial charge in [-0.1, -0.05) is 35.9 Å². The second-order valence-electron chi connectivity index (χ2n) is 4.40. The summed E-state index contributed by atoms with van der Waals surface area (Å²) < 4.78 is 5.81. The first kappa shape index (κ1) is 12.9. The van der Waals surface area contributed by atoms with Gasteiger partial charge in [-0.05, 0) is 24.3 Å². The van der Waals surface area contributed by atoms with E-state index in [0.29, 0.717) is 23.2 Å². The molecule has 0 radical (unpaired) electrons. The van der Waals surface area contributed by atoms with Crippen LogP contribution in [0.1, 0.15) is 5.56 Å². The first-order valence-corrected chi connectivity index (χ1v) is 6.66. The number of nitrogens with two attached hydrogens (primary N) is 1. The van der Waals surface area contributed by atoms with Crippen molar-refractivity contribution in [2.24, 2.45) is 5.73 Å². The molecule has 0 saturated heterocycles. The van der Waals surface area contributed by atoms with Crippen LogP contribution in [0, 0.1) is 0 Å². The third-order valence-electron chi connectivity index (χ3n) is 3.04. The van der Waals surface area contributed by atoms with Crippen LogP contribution in [-0.4, -0.2) is 4.98 Å². The first-order chi connectivity index (χ1) is 9.76. The molecule has 1 aromatic heterocycles. The van der Waals surface area contributed by atoms with Gasteiger partial charge < -0.3 is 10.5 Å². The van der Waals surface area contributed by atoms with Crippen LogP contribution in [0.5, 0.6) is 11.6 Å². The molecule has 0 bridgehead atoms. The molecule has 0 aliphatic carbocycles.